The number of benzene rings is 2. The first kappa shape index (κ1) is 23.8. The molecule has 0 aliphatic heterocycles. The molecule has 2 atom stereocenters. The van der Waals surface area contributed by atoms with Crippen LogP contribution in [-0.2, 0) is 14.3 Å². The van der Waals surface area contributed by atoms with Crippen LogP contribution in [0.4, 0.5) is 4.79 Å². The van der Waals surface area contributed by atoms with Crippen molar-refractivity contribution in [2.45, 2.75) is 57.5 Å². The topological polar surface area (TPSA) is 105 Å². The van der Waals surface area contributed by atoms with Crippen LogP contribution >= 0.6 is 0 Å². The molecule has 0 heterocycles. The minimum atomic E-state index is -1.05. The first-order valence-electron chi connectivity index (χ1n) is 12.0. The zero-order chi connectivity index (χ0) is 24.2. The average molecular weight is 465 g/mol. The Labute approximate surface area is 199 Å². The molecular formula is C27H32N2O5. The van der Waals surface area contributed by atoms with Crippen LogP contribution in [0, 0.1) is 11.8 Å². The molecule has 4 rings (SSSR count). The van der Waals surface area contributed by atoms with Crippen LogP contribution < -0.4 is 10.6 Å². The second-order valence-electron chi connectivity index (χ2n) is 9.71. The quantitative estimate of drug-likeness (QED) is 0.486. The summed E-state index contributed by atoms with van der Waals surface area (Å²) in [6.45, 7) is 4.03. The van der Waals surface area contributed by atoms with Gasteiger partial charge in [-0.15, -0.1) is 0 Å². The molecule has 2 aliphatic rings. The lowest BCUT2D eigenvalue weighted by atomic mass is 9.98. The van der Waals surface area contributed by atoms with Gasteiger partial charge in [0.2, 0.25) is 5.91 Å². The van der Waals surface area contributed by atoms with Gasteiger partial charge in [-0.25, -0.2) is 9.59 Å². The molecule has 180 valence electrons. The van der Waals surface area contributed by atoms with Gasteiger partial charge in [-0.2, -0.15) is 0 Å². The van der Waals surface area contributed by atoms with Gasteiger partial charge in [0.15, 0.2) is 0 Å². The molecule has 1 fully saturated rings. The van der Waals surface area contributed by atoms with E-state index in [4.69, 9.17) is 4.74 Å². The second kappa shape index (κ2) is 10.3. The SMILES string of the molecule is CC(C)CC(NC(=O)CC(NC(=O)OCC1c2ccccc2-c2ccccc21)C1CC1)C(=O)O. The summed E-state index contributed by atoms with van der Waals surface area (Å²) < 4.78 is 5.63. The molecule has 0 aromatic heterocycles. The van der Waals surface area contributed by atoms with Crippen LogP contribution in [0.2, 0.25) is 0 Å². The van der Waals surface area contributed by atoms with E-state index in [1.165, 1.54) is 0 Å². The van der Waals surface area contributed by atoms with Gasteiger partial charge in [0, 0.05) is 18.4 Å². The maximum absolute atomic E-state index is 12.7. The first-order valence-corrected chi connectivity index (χ1v) is 12.0. The number of carboxylic acids is 1. The molecule has 34 heavy (non-hydrogen) atoms. The van der Waals surface area contributed by atoms with E-state index in [1.807, 2.05) is 38.1 Å². The van der Waals surface area contributed by atoms with Crippen molar-refractivity contribution in [3.63, 3.8) is 0 Å². The molecule has 7 nitrogen and oxygen atoms in total. The first-order chi connectivity index (χ1) is 16.3. The van der Waals surface area contributed by atoms with Crippen molar-refractivity contribution in [2.75, 3.05) is 6.61 Å². The van der Waals surface area contributed by atoms with Crippen molar-refractivity contribution >= 4 is 18.0 Å². The molecule has 3 N–H and O–H groups in total. The van der Waals surface area contributed by atoms with Crippen LogP contribution in [0.1, 0.15) is 56.6 Å². The zero-order valence-corrected chi connectivity index (χ0v) is 19.6. The van der Waals surface area contributed by atoms with Crippen molar-refractivity contribution in [3.8, 4) is 11.1 Å². The van der Waals surface area contributed by atoms with Crippen LogP contribution in [0.25, 0.3) is 11.1 Å². The summed E-state index contributed by atoms with van der Waals surface area (Å²) in [5.74, 6) is -1.11. The van der Waals surface area contributed by atoms with Crippen LogP contribution in [0.15, 0.2) is 48.5 Å². The highest BCUT2D eigenvalue weighted by molar-refractivity contribution is 5.84. The summed E-state index contributed by atoms with van der Waals surface area (Å²) >= 11 is 0. The van der Waals surface area contributed by atoms with Gasteiger partial charge in [0.25, 0.3) is 0 Å². The largest absolute Gasteiger partial charge is 0.480 e. The van der Waals surface area contributed by atoms with E-state index >= 15 is 0 Å². The number of rotatable bonds is 10. The zero-order valence-electron chi connectivity index (χ0n) is 19.6. The lowest BCUT2D eigenvalue weighted by Gasteiger charge is -2.21. The fourth-order valence-electron chi connectivity index (χ4n) is 4.77. The molecule has 2 aromatic carbocycles. The highest BCUT2D eigenvalue weighted by Gasteiger charge is 2.35. The van der Waals surface area contributed by atoms with E-state index in [0.717, 1.165) is 35.1 Å². The molecule has 0 spiro atoms. The molecule has 0 radical (unpaired) electrons. The van der Waals surface area contributed by atoms with Crippen LogP contribution in [0.3, 0.4) is 0 Å². The Morgan fingerprint density at radius 1 is 0.971 bits per heavy atom. The minimum absolute atomic E-state index is 0.0341. The second-order valence-corrected chi connectivity index (χ2v) is 9.71. The maximum atomic E-state index is 12.7. The van der Waals surface area contributed by atoms with Crippen LogP contribution in [0.5, 0.6) is 0 Å². The standard InChI is InChI=1S/C27H32N2O5/c1-16(2)13-24(26(31)32)28-25(30)14-23(17-11-12-17)29-27(33)34-15-22-20-9-5-3-7-18(20)19-8-4-6-10-21(19)22/h3-10,16-17,22-24H,11-15H2,1-2H3,(H,28,30)(H,29,33)(H,31,32). The van der Waals surface area contributed by atoms with Gasteiger partial charge in [-0.3, -0.25) is 4.79 Å². The Balaban J connectivity index is 1.34. The summed E-state index contributed by atoms with van der Waals surface area (Å²) in [5, 5.41) is 14.8. The summed E-state index contributed by atoms with van der Waals surface area (Å²) in [5.41, 5.74) is 4.60. The summed E-state index contributed by atoms with van der Waals surface area (Å²) in [7, 11) is 0. The number of carbonyl (C=O) groups excluding carboxylic acids is 2. The number of nitrogens with one attached hydrogen (secondary N) is 2. The van der Waals surface area contributed by atoms with Crippen molar-refractivity contribution in [1.82, 2.24) is 10.6 Å². The lowest BCUT2D eigenvalue weighted by Crippen LogP contribution is -2.46. The maximum Gasteiger partial charge on any atom is 0.407 e. The number of amides is 2. The third-order valence-electron chi connectivity index (χ3n) is 6.58. The Morgan fingerprint density at radius 3 is 2.09 bits per heavy atom. The third-order valence-corrected chi connectivity index (χ3v) is 6.58. The summed E-state index contributed by atoms with van der Waals surface area (Å²) in [6.07, 6.45) is 1.70. The number of hydrogen-bond donors (Lipinski definition) is 3. The Morgan fingerprint density at radius 2 is 1.56 bits per heavy atom. The van der Waals surface area contributed by atoms with Gasteiger partial charge in [-0.05, 0) is 53.4 Å². The molecule has 2 amide bonds. The molecule has 1 saturated carbocycles. The normalized spacial score (nSPS) is 16.3. The summed E-state index contributed by atoms with van der Waals surface area (Å²) in [6, 6.07) is 15.0. The number of alkyl carbamates (subject to hydrolysis) is 1. The number of hydrogen-bond acceptors (Lipinski definition) is 4. The number of carboxylic acid groups (broad SMARTS) is 1. The van der Waals surface area contributed by atoms with Gasteiger partial charge in [0.05, 0.1) is 0 Å². The molecule has 2 unspecified atom stereocenters. The molecule has 0 saturated heterocycles. The minimum Gasteiger partial charge on any atom is -0.480 e. The fraction of sp³-hybridized carbons (Fsp3) is 0.444. The van der Waals surface area contributed by atoms with Gasteiger partial charge < -0.3 is 20.5 Å². The highest BCUT2D eigenvalue weighted by Crippen LogP contribution is 2.44. The third kappa shape index (κ3) is 5.58. The Kier molecular flexibility index (Phi) is 7.20. The smallest absolute Gasteiger partial charge is 0.407 e. The van der Waals surface area contributed by atoms with E-state index in [0.29, 0.717) is 6.42 Å². The van der Waals surface area contributed by atoms with Gasteiger partial charge in [0.1, 0.15) is 12.6 Å². The van der Waals surface area contributed by atoms with Crippen molar-refractivity contribution in [1.29, 1.82) is 0 Å². The number of fused-ring (bicyclic) bond motifs is 3. The van der Waals surface area contributed by atoms with Crippen molar-refractivity contribution in [3.05, 3.63) is 59.7 Å². The monoisotopic (exact) mass is 464 g/mol. The van der Waals surface area contributed by atoms with E-state index in [1.54, 1.807) is 0 Å². The highest BCUT2D eigenvalue weighted by atomic mass is 16.5. The predicted octanol–water partition coefficient (Wildman–Crippen LogP) is 4.31. The van der Waals surface area contributed by atoms with Crippen molar-refractivity contribution in [2.24, 2.45) is 11.8 Å². The molecule has 7 heteroatoms. The molecule has 2 aliphatic carbocycles. The predicted molar refractivity (Wildman–Crippen MR) is 128 cm³/mol. The Bertz CT molecular complexity index is 1020. The van der Waals surface area contributed by atoms with Crippen LogP contribution in [-0.4, -0.2) is 41.8 Å². The van der Waals surface area contributed by atoms with E-state index < -0.39 is 18.1 Å². The number of carbonyl (C=O) groups is 3. The molecule has 2 aromatic rings. The van der Waals surface area contributed by atoms with E-state index in [9.17, 15) is 19.5 Å². The Hall–Kier alpha value is -3.35. The van der Waals surface area contributed by atoms with E-state index in [-0.39, 0.29) is 42.7 Å². The molecular weight excluding hydrogens is 432 g/mol. The fourth-order valence-corrected chi connectivity index (χ4v) is 4.77. The number of aliphatic carboxylic acids is 1. The van der Waals surface area contributed by atoms with Gasteiger partial charge >= 0.3 is 12.1 Å². The van der Waals surface area contributed by atoms with Gasteiger partial charge in [-0.1, -0.05) is 62.4 Å². The van der Waals surface area contributed by atoms with Crippen molar-refractivity contribution < 1.29 is 24.2 Å². The summed E-state index contributed by atoms with van der Waals surface area (Å²) in [4.78, 5) is 36.7. The lowest BCUT2D eigenvalue weighted by molar-refractivity contribution is -0.142. The average Bonchev–Trinajstić information content (AvgIpc) is 3.59. The number of ether oxygens (including phenoxy) is 1. The van der Waals surface area contributed by atoms with E-state index in [2.05, 4.69) is 34.9 Å². The molecule has 0 bridgehead atoms.